The highest BCUT2D eigenvalue weighted by molar-refractivity contribution is 6.16. The summed E-state index contributed by atoms with van der Waals surface area (Å²) in [5, 5.41) is 0. The molecule has 0 spiro atoms. The van der Waals surface area contributed by atoms with Gasteiger partial charge in [-0.15, -0.1) is 0 Å². The second kappa shape index (κ2) is 33.1. The van der Waals surface area contributed by atoms with E-state index in [1.54, 1.807) is 6.08 Å². The molecule has 0 nitrogen and oxygen atoms in total. The molecule has 1 saturated carbocycles. The van der Waals surface area contributed by atoms with Crippen LogP contribution in [0.1, 0.15) is 143 Å². The summed E-state index contributed by atoms with van der Waals surface area (Å²) in [4.78, 5) is 0. The fourth-order valence-electron chi connectivity index (χ4n) is 7.59. The minimum Gasteiger partial charge on any atom is -0.0991 e. The second-order valence-corrected chi connectivity index (χ2v) is 18.3. The number of allylic oxidation sites excluding steroid dienone is 7. The molecule has 69 heavy (non-hydrogen) atoms. The largest absolute Gasteiger partial charge is 0.0991 e. The van der Waals surface area contributed by atoms with E-state index in [1.807, 2.05) is 55.5 Å². The number of benzene rings is 7. The van der Waals surface area contributed by atoms with Gasteiger partial charge in [-0.3, -0.25) is 0 Å². The number of hydrogen-bond donors (Lipinski definition) is 0. The highest BCUT2D eigenvalue weighted by atomic mass is 14.3. The molecule has 0 N–H and O–H groups in total. The molecule has 0 radical (unpaired) electrons. The summed E-state index contributed by atoms with van der Waals surface area (Å²) < 4.78 is 0. The first kappa shape index (κ1) is 56.8. The summed E-state index contributed by atoms with van der Waals surface area (Å²) in [7, 11) is 0. The Bertz CT molecular complexity index is 2500. The van der Waals surface area contributed by atoms with Crippen LogP contribution in [-0.4, -0.2) is 0 Å². The van der Waals surface area contributed by atoms with Crippen molar-refractivity contribution in [2.45, 2.75) is 127 Å². The minimum absolute atomic E-state index is 0.480. The van der Waals surface area contributed by atoms with Gasteiger partial charge >= 0.3 is 0 Å². The fourth-order valence-corrected chi connectivity index (χ4v) is 7.59. The lowest BCUT2D eigenvalue weighted by atomic mass is 9.79. The normalized spacial score (nSPS) is 11.8. The molecule has 1 unspecified atom stereocenters. The van der Waals surface area contributed by atoms with Crippen LogP contribution in [0.25, 0.3) is 27.8 Å². The van der Waals surface area contributed by atoms with E-state index in [9.17, 15) is 0 Å². The standard InChI is InChI=1S/C37H40.C9H12.2C7H8.C5H8.C4H8/c1-8-27(5)33-16-12-13-17-34(33)37(29(7)30-14-10-9-11-15-30)36(25(2)3)35-24-32(23-20-28(35)6)31-21-18-26(4)19-22-31;1-2-6-9-7-4-3-5-8-9;2*1-7-5-3-2-4-6-7;1-3-5-4-2;1-2-4-3-1/h9-24,27H,8H2,1-7H3;3-5,7-8H,2,6H2,1H3;2*2-6H,1H3;3-5H,1H2,2H3;1-4H2/b37-29-;;;;5-4-;. The van der Waals surface area contributed by atoms with Crippen LogP contribution in [0, 0.1) is 27.7 Å². The van der Waals surface area contributed by atoms with E-state index in [0.717, 1.165) is 6.42 Å². The van der Waals surface area contributed by atoms with Crippen LogP contribution < -0.4 is 0 Å². The maximum absolute atomic E-state index is 3.46. The van der Waals surface area contributed by atoms with Crippen molar-refractivity contribution >= 4 is 16.7 Å². The quantitative estimate of drug-likeness (QED) is 0.0947. The Kier molecular flexibility index (Phi) is 27.2. The lowest BCUT2D eigenvalue weighted by molar-refractivity contribution is 0.504. The summed E-state index contributed by atoms with van der Waals surface area (Å²) in [5.74, 6) is 0.480. The smallest absolute Gasteiger partial charge is 0.00678 e. The summed E-state index contributed by atoms with van der Waals surface area (Å²) in [6.45, 7) is 27.6. The highest BCUT2D eigenvalue weighted by Crippen LogP contribution is 2.44. The molecular weight excluding hydrogens is 829 g/mol. The topological polar surface area (TPSA) is 0 Å². The van der Waals surface area contributed by atoms with Gasteiger partial charge in [-0.2, -0.15) is 0 Å². The number of hydrogen-bond acceptors (Lipinski definition) is 0. The molecule has 1 aliphatic rings. The van der Waals surface area contributed by atoms with E-state index in [4.69, 9.17) is 0 Å². The van der Waals surface area contributed by atoms with E-state index in [-0.39, 0.29) is 0 Å². The lowest BCUT2D eigenvalue weighted by Crippen LogP contribution is -2.04. The third kappa shape index (κ3) is 20.7. The van der Waals surface area contributed by atoms with Crippen LogP contribution in [0.2, 0.25) is 0 Å². The van der Waals surface area contributed by atoms with E-state index < -0.39 is 0 Å². The van der Waals surface area contributed by atoms with Crippen molar-refractivity contribution in [1.82, 2.24) is 0 Å². The molecule has 7 aromatic carbocycles. The van der Waals surface area contributed by atoms with Gasteiger partial charge in [0.1, 0.15) is 0 Å². The van der Waals surface area contributed by atoms with Crippen molar-refractivity contribution in [1.29, 1.82) is 0 Å². The third-order valence-electron chi connectivity index (χ3n) is 12.2. The molecule has 0 amide bonds. The zero-order chi connectivity index (χ0) is 50.2. The van der Waals surface area contributed by atoms with Crippen molar-refractivity contribution in [2.75, 3.05) is 0 Å². The Morgan fingerprint density at radius 2 is 0.986 bits per heavy atom. The van der Waals surface area contributed by atoms with Gasteiger partial charge in [0.05, 0.1) is 0 Å². The molecule has 360 valence electrons. The number of aryl methyl sites for hydroxylation is 5. The Balaban J connectivity index is 0.000000311. The second-order valence-electron chi connectivity index (χ2n) is 18.3. The lowest BCUT2D eigenvalue weighted by Gasteiger charge is -2.25. The van der Waals surface area contributed by atoms with Gasteiger partial charge in [-0.25, -0.2) is 0 Å². The average Bonchev–Trinajstić information content (AvgIpc) is 3.35. The van der Waals surface area contributed by atoms with Gasteiger partial charge in [-0.05, 0) is 141 Å². The number of rotatable bonds is 10. The van der Waals surface area contributed by atoms with Crippen molar-refractivity contribution in [3.63, 3.8) is 0 Å². The van der Waals surface area contributed by atoms with Crippen molar-refractivity contribution in [3.8, 4) is 11.1 Å². The first-order chi connectivity index (χ1) is 33.4. The van der Waals surface area contributed by atoms with Gasteiger partial charge < -0.3 is 0 Å². The molecule has 1 atom stereocenters. The maximum atomic E-state index is 3.46. The SMILES string of the molecule is C1CCC1.C=C/C=C\C.CCC(C)c1ccccc1/C(C(=C(C)C)c1cc(-c2ccc(C)cc2)ccc1C)=C(\C)c1ccccc1.CCCc1ccccc1.Cc1ccccc1.Cc1ccccc1. The van der Waals surface area contributed by atoms with Crippen LogP contribution in [0.15, 0.2) is 218 Å². The third-order valence-corrected chi connectivity index (χ3v) is 12.2. The average molecular weight is 913 g/mol. The monoisotopic (exact) mass is 913 g/mol. The molecule has 0 aromatic heterocycles. The van der Waals surface area contributed by atoms with Crippen molar-refractivity contribution in [3.05, 3.63) is 269 Å². The van der Waals surface area contributed by atoms with Crippen LogP contribution in [-0.2, 0) is 6.42 Å². The van der Waals surface area contributed by atoms with E-state index in [0.29, 0.717) is 5.92 Å². The highest BCUT2D eigenvalue weighted by Gasteiger charge is 2.22. The molecule has 0 saturated heterocycles. The first-order valence-corrected chi connectivity index (χ1v) is 25.5. The predicted octanol–water partition coefficient (Wildman–Crippen LogP) is 20.8. The van der Waals surface area contributed by atoms with Crippen LogP contribution >= 0.6 is 0 Å². The van der Waals surface area contributed by atoms with E-state index in [2.05, 4.69) is 227 Å². The van der Waals surface area contributed by atoms with Gasteiger partial charge in [0.15, 0.2) is 0 Å². The molecular formula is C69H84. The van der Waals surface area contributed by atoms with Crippen LogP contribution in [0.5, 0.6) is 0 Å². The van der Waals surface area contributed by atoms with Gasteiger partial charge in [0.25, 0.3) is 0 Å². The molecule has 7 aromatic rings. The van der Waals surface area contributed by atoms with E-state index >= 15 is 0 Å². The molecule has 0 heterocycles. The fraction of sp³-hybridized carbons (Fsp3) is 0.275. The Morgan fingerprint density at radius 3 is 1.41 bits per heavy atom. The first-order valence-electron chi connectivity index (χ1n) is 25.5. The molecule has 1 aliphatic carbocycles. The molecule has 0 aliphatic heterocycles. The summed E-state index contributed by atoms with van der Waals surface area (Å²) in [6, 6.07) is 66.8. The Morgan fingerprint density at radius 1 is 0.522 bits per heavy atom. The minimum atomic E-state index is 0.480. The maximum Gasteiger partial charge on any atom is -0.00678 e. The summed E-state index contributed by atoms with van der Waals surface area (Å²) >= 11 is 0. The van der Waals surface area contributed by atoms with Crippen molar-refractivity contribution in [2.24, 2.45) is 0 Å². The summed E-state index contributed by atoms with van der Waals surface area (Å²) in [5.41, 5.74) is 19.8. The van der Waals surface area contributed by atoms with Gasteiger partial charge in [0.2, 0.25) is 0 Å². The van der Waals surface area contributed by atoms with Gasteiger partial charge in [-0.1, -0.05) is 282 Å². The molecule has 0 heteroatoms. The molecule has 1 fully saturated rings. The van der Waals surface area contributed by atoms with Crippen LogP contribution in [0.3, 0.4) is 0 Å². The molecule has 0 bridgehead atoms. The van der Waals surface area contributed by atoms with E-state index in [1.165, 1.54) is 122 Å². The van der Waals surface area contributed by atoms with Crippen molar-refractivity contribution < 1.29 is 0 Å². The zero-order valence-corrected chi connectivity index (χ0v) is 44.4. The summed E-state index contributed by atoms with van der Waals surface area (Å²) in [6.07, 6.45) is 15.1. The molecule has 8 rings (SSSR count). The predicted molar refractivity (Wildman–Crippen MR) is 310 cm³/mol. The Hall–Kier alpha value is -6.50. The zero-order valence-electron chi connectivity index (χ0n) is 44.4. The Labute approximate surface area is 421 Å². The van der Waals surface area contributed by atoms with Crippen LogP contribution in [0.4, 0.5) is 0 Å². The van der Waals surface area contributed by atoms with Gasteiger partial charge in [0, 0.05) is 0 Å².